The fourth-order valence-electron chi connectivity index (χ4n) is 4.04. The molecular weight excluding hydrogens is 430 g/mol. The molecule has 0 radical (unpaired) electrons. The standard InChI is InChI=1S/C29H28ClNO2/c1-29(2,33)26-9-4-3-7-21(26)13-17-28(32)23-8-5-6-20(18-23)10-15-25-16-12-22-11-14-24(30)19-27(22)31-25/h3-12,14-16,18-19,28,32-33H,13,17H2,1-2H3/t28-/m1/s1. The van der Waals surface area contributed by atoms with Crippen molar-refractivity contribution >= 4 is 34.7 Å². The molecule has 3 nitrogen and oxygen atoms in total. The first kappa shape index (κ1) is 23.2. The molecule has 4 aromatic rings. The molecule has 0 aliphatic heterocycles. The first-order chi connectivity index (χ1) is 15.8. The van der Waals surface area contributed by atoms with Gasteiger partial charge >= 0.3 is 0 Å². The van der Waals surface area contributed by atoms with E-state index in [9.17, 15) is 10.2 Å². The van der Waals surface area contributed by atoms with Gasteiger partial charge in [-0.2, -0.15) is 0 Å². The fraction of sp³-hybridized carbons (Fsp3) is 0.207. The Morgan fingerprint density at radius 2 is 1.73 bits per heavy atom. The van der Waals surface area contributed by atoms with Gasteiger partial charge in [-0.3, -0.25) is 0 Å². The van der Waals surface area contributed by atoms with E-state index in [2.05, 4.69) is 4.98 Å². The van der Waals surface area contributed by atoms with Crippen LogP contribution in [0.3, 0.4) is 0 Å². The van der Waals surface area contributed by atoms with E-state index in [0.29, 0.717) is 17.9 Å². The molecule has 1 aromatic heterocycles. The maximum Gasteiger partial charge on any atom is 0.0843 e. The second-order valence-corrected chi connectivity index (χ2v) is 9.28. The maximum atomic E-state index is 10.8. The normalized spacial score (nSPS) is 13.0. The van der Waals surface area contributed by atoms with Crippen LogP contribution in [0.2, 0.25) is 5.02 Å². The van der Waals surface area contributed by atoms with Crippen LogP contribution in [0.5, 0.6) is 0 Å². The molecule has 1 heterocycles. The van der Waals surface area contributed by atoms with Gasteiger partial charge in [-0.1, -0.05) is 72.3 Å². The van der Waals surface area contributed by atoms with Crippen LogP contribution in [-0.4, -0.2) is 15.2 Å². The monoisotopic (exact) mass is 457 g/mol. The van der Waals surface area contributed by atoms with Gasteiger partial charge in [0.25, 0.3) is 0 Å². The molecule has 168 valence electrons. The number of hydrogen-bond acceptors (Lipinski definition) is 3. The lowest BCUT2D eigenvalue weighted by Gasteiger charge is -2.22. The summed E-state index contributed by atoms with van der Waals surface area (Å²) in [5, 5.41) is 23.0. The van der Waals surface area contributed by atoms with Gasteiger partial charge in [-0.05, 0) is 79.3 Å². The maximum absolute atomic E-state index is 10.8. The average Bonchev–Trinajstić information content (AvgIpc) is 2.80. The predicted octanol–water partition coefficient (Wildman–Crippen LogP) is 6.95. The highest BCUT2D eigenvalue weighted by atomic mass is 35.5. The number of hydrogen-bond donors (Lipinski definition) is 2. The van der Waals surface area contributed by atoms with Gasteiger partial charge in [0.2, 0.25) is 0 Å². The lowest BCUT2D eigenvalue weighted by atomic mass is 9.90. The molecule has 4 heteroatoms. The van der Waals surface area contributed by atoms with Gasteiger partial charge < -0.3 is 10.2 Å². The molecule has 0 spiro atoms. The highest BCUT2D eigenvalue weighted by Gasteiger charge is 2.20. The number of pyridine rings is 1. The lowest BCUT2D eigenvalue weighted by molar-refractivity contribution is 0.0772. The molecule has 0 amide bonds. The van der Waals surface area contributed by atoms with Crippen molar-refractivity contribution in [2.24, 2.45) is 0 Å². The summed E-state index contributed by atoms with van der Waals surface area (Å²) in [4.78, 5) is 4.66. The zero-order chi connectivity index (χ0) is 23.4. The van der Waals surface area contributed by atoms with Gasteiger partial charge in [0, 0.05) is 10.4 Å². The minimum atomic E-state index is -0.908. The number of aryl methyl sites for hydroxylation is 1. The molecule has 0 bridgehead atoms. The van der Waals surface area contributed by atoms with Crippen LogP contribution >= 0.6 is 11.6 Å². The van der Waals surface area contributed by atoms with Crippen molar-refractivity contribution in [1.29, 1.82) is 0 Å². The summed E-state index contributed by atoms with van der Waals surface area (Å²) in [6.07, 6.45) is 4.64. The second kappa shape index (κ2) is 9.88. The van der Waals surface area contributed by atoms with Crippen molar-refractivity contribution in [2.75, 3.05) is 0 Å². The number of aliphatic hydroxyl groups excluding tert-OH is 1. The second-order valence-electron chi connectivity index (χ2n) is 8.85. The molecule has 0 unspecified atom stereocenters. The van der Waals surface area contributed by atoms with Crippen LogP contribution in [0.4, 0.5) is 0 Å². The molecule has 1 atom stereocenters. The molecule has 0 aliphatic carbocycles. The van der Waals surface area contributed by atoms with Crippen LogP contribution in [0.15, 0.2) is 78.9 Å². The van der Waals surface area contributed by atoms with Gasteiger partial charge in [0.05, 0.1) is 22.9 Å². The number of nitrogens with zero attached hydrogens (tertiary/aromatic N) is 1. The Labute approximate surface area is 200 Å². The van der Waals surface area contributed by atoms with Crippen LogP contribution in [0, 0.1) is 0 Å². The first-order valence-electron chi connectivity index (χ1n) is 11.1. The fourth-order valence-corrected chi connectivity index (χ4v) is 4.21. The predicted molar refractivity (Wildman–Crippen MR) is 137 cm³/mol. The summed E-state index contributed by atoms with van der Waals surface area (Å²) in [7, 11) is 0. The minimum absolute atomic E-state index is 0.577. The summed E-state index contributed by atoms with van der Waals surface area (Å²) in [5.74, 6) is 0. The smallest absolute Gasteiger partial charge is 0.0843 e. The van der Waals surface area contributed by atoms with Crippen LogP contribution in [-0.2, 0) is 12.0 Å². The number of rotatable bonds is 7. The van der Waals surface area contributed by atoms with E-state index in [1.54, 1.807) is 13.8 Å². The van der Waals surface area contributed by atoms with Crippen LogP contribution in [0.1, 0.15) is 54.3 Å². The van der Waals surface area contributed by atoms with E-state index in [-0.39, 0.29) is 0 Å². The number of fused-ring (bicyclic) bond motifs is 1. The molecule has 4 rings (SSSR count). The Morgan fingerprint density at radius 3 is 2.55 bits per heavy atom. The zero-order valence-electron chi connectivity index (χ0n) is 18.9. The Morgan fingerprint density at radius 1 is 0.939 bits per heavy atom. The molecule has 0 saturated heterocycles. The van der Waals surface area contributed by atoms with E-state index < -0.39 is 11.7 Å². The van der Waals surface area contributed by atoms with Crippen molar-refractivity contribution in [1.82, 2.24) is 4.98 Å². The highest BCUT2D eigenvalue weighted by Crippen LogP contribution is 2.27. The Bertz CT molecular complexity index is 1290. The largest absolute Gasteiger partial charge is 0.388 e. The van der Waals surface area contributed by atoms with Gasteiger partial charge in [0.15, 0.2) is 0 Å². The third-order valence-electron chi connectivity index (χ3n) is 5.78. The van der Waals surface area contributed by atoms with Crippen molar-refractivity contribution in [3.8, 4) is 0 Å². The summed E-state index contributed by atoms with van der Waals surface area (Å²) in [6.45, 7) is 3.58. The van der Waals surface area contributed by atoms with E-state index in [0.717, 1.165) is 38.9 Å². The summed E-state index contributed by atoms with van der Waals surface area (Å²) in [5.41, 5.74) is 4.63. The molecule has 33 heavy (non-hydrogen) atoms. The van der Waals surface area contributed by atoms with Crippen LogP contribution in [0.25, 0.3) is 23.1 Å². The van der Waals surface area contributed by atoms with Crippen molar-refractivity contribution in [3.63, 3.8) is 0 Å². The third kappa shape index (κ3) is 5.88. The Hall–Kier alpha value is -2.98. The van der Waals surface area contributed by atoms with Crippen molar-refractivity contribution in [2.45, 2.75) is 38.4 Å². The number of benzene rings is 3. The number of aromatic nitrogens is 1. The molecule has 0 aliphatic rings. The van der Waals surface area contributed by atoms with Crippen molar-refractivity contribution in [3.05, 3.63) is 112 Å². The molecule has 2 N–H and O–H groups in total. The number of aliphatic hydroxyl groups is 2. The van der Waals surface area contributed by atoms with Crippen LogP contribution < -0.4 is 0 Å². The average molecular weight is 458 g/mol. The van der Waals surface area contributed by atoms with Gasteiger partial charge in [-0.15, -0.1) is 0 Å². The third-order valence-corrected chi connectivity index (χ3v) is 6.02. The van der Waals surface area contributed by atoms with Crippen molar-refractivity contribution < 1.29 is 10.2 Å². The highest BCUT2D eigenvalue weighted by molar-refractivity contribution is 6.31. The summed E-state index contributed by atoms with van der Waals surface area (Å²) >= 11 is 6.09. The molecule has 0 saturated carbocycles. The SMILES string of the molecule is CC(C)(O)c1ccccc1CC[C@@H](O)c1cccc(C=Cc2ccc3ccc(Cl)cc3n2)c1. The quantitative estimate of drug-likeness (QED) is 0.315. The number of halogens is 1. The summed E-state index contributed by atoms with van der Waals surface area (Å²) in [6, 6.07) is 25.5. The van der Waals surface area contributed by atoms with Gasteiger partial charge in [0.1, 0.15) is 0 Å². The Balaban J connectivity index is 1.47. The minimum Gasteiger partial charge on any atom is -0.388 e. The molecular formula is C29H28ClNO2. The van der Waals surface area contributed by atoms with Gasteiger partial charge in [-0.25, -0.2) is 4.98 Å². The van der Waals surface area contributed by atoms with E-state index in [1.807, 2.05) is 91.0 Å². The zero-order valence-corrected chi connectivity index (χ0v) is 19.6. The van der Waals surface area contributed by atoms with E-state index in [4.69, 9.17) is 11.6 Å². The topological polar surface area (TPSA) is 53.4 Å². The van der Waals surface area contributed by atoms with E-state index in [1.165, 1.54) is 0 Å². The molecule has 0 fully saturated rings. The molecule has 3 aromatic carbocycles. The lowest BCUT2D eigenvalue weighted by Crippen LogP contribution is -2.18. The first-order valence-corrected chi connectivity index (χ1v) is 11.5. The van der Waals surface area contributed by atoms with E-state index >= 15 is 0 Å². The summed E-state index contributed by atoms with van der Waals surface area (Å²) < 4.78 is 0. The Kier molecular flexibility index (Phi) is 6.94.